The van der Waals surface area contributed by atoms with Crippen molar-refractivity contribution < 1.29 is 9.53 Å². The van der Waals surface area contributed by atoms with Gasteiger partial charge in [0.1, 0.15) is 0 Å². The van der Waals surface area contributed by atoms with E-state index in [2.05, 4.69) is 29.3 Å². The van der Waals surface area contributed by atoms with Crippen LogP contribution in [0.25, 0.3) is 6.20 Å². The lowest BCUT2D eigenvalue weighted by atomic mass is 10.2. The van der Waals surface area contributed by atoms with Gasteiger partial charge in [-0.25, -0.2) is 15.6 Å². The summed E-state index contributed by atoms with van der Waals surface area (Å²) in [5.41, 5.74) is 1.20. The fourth-order valence-corrected chi connectivity index (χ4v) is 3.54. The summed E-state index contributed by atoms with van der Waals surface area (Å²) in [5.74, 6) is 6.11. The Labute approximate surface area is 166 Å². The number of unbranched alkanes of at least 4 members (excludes halogenated alkanes) is 1. The number of benzene rings is 1. The number of aryl methyl sites for hydroxylation is 1. The Morgan fingerprint density at radius 2 is 2.07 bits per heavy atom. The van der Waals surface area contributed by atoms with Gasteiger partial charge in [-0.15, -0.1) is 0 Å². The van der Waals surface area contributed by atoms with E-state index in [1.54, 1.807) is 9.91 Å². The highest BCUT2D eigenvalue weighted by molar-refractivity contribution is 5.67. The summed E-state index contributed by atoms with van der Waals surface area (Å²) < 4.78 is 5.06. The number of rotatable bonds is 7. The van der Waals surface area contributed by atoms with Crippen LogP contribution in [0.3, 0.4) is 0 Å². The molecule has 154 valence electrons. The van der Waals surface area contributed by atoms with Crippen LogP contribution in [0.15, 0.2) is 23.2 Å². The number of fused-ring (bicyclic) bond motifs is 1. The standard InChI is InChI=1S/C20H32N6O2/c1-3-28-20(27)25-12-10-24(11-13-25)9-5-4-8-22-19-23-18-7-6-16(2)14-17(18)15-26(19)21/h6-7,14-15,19,22H,3-5,8-13,21H2,1-2H3. The average molecular weight is 389 g/mol. The molecular formula is C20H32N6O2. The van der Waals surface area contributed by atoms with E-state index in [1.165, 1.54) is 5.56 Å². The number of hydrogen-bond donors (Lipinski definition) is 2. The molecule has 8 heteroatoms. The summed E-state index contributed by atoms with van der Waals surface area (Å²) in [5, 5.41) is 7.09. The van der Waals surface area contributed by atoms with Gasteiger partial charge in [0.25, 0.3) is 0 Å². The van der Waals surface area contributed by atoms with E-state index in [0.29, 0.717) is 6.61 Å². The first kappa shape index (κ1) is 20.6. The minimum absolute atomic E-state index is 0.192. The second kappa shape index (κ2) is 9.86. The van der Waals surface area contributed by atoms with Gasteiger partial charge in [0.2, 0.25) is 0 Å². The Hall–Kier alpha value is -2.16. The maximum Gasteiger partial charge on any atom is 0.409 e. The first-order chi connectivity index (χ1) is 13.6. The van der Waals surface area contributed by atoms with Crippen LogP contribution in [0.5, 0.6) is 0 Å². The maximum atomic E-state index is 11.7. The summed E-state index contributed by atoms with van der Waals surface area (Å²) in [6, 6.07) is 6.20. The highest BCUT2D eigenvalue weighted by Gasteiger charge is 2.21. The Morgan fingerprint density at radius 1 is 1.29 bits per heavy atom. The Kier molecular flexibility index (Phi) is 7.24. The summed E-state index contributed by atoms with van der Waals surface area (Å²) >= 11 is 0. The molecule has 2 heterocycles. The van der Waals surface area contributed by atoms with Crippen molar-refractivity contribution in [1.82, 2.24) is 20.1 Å². The smallest absolute Gasteiger partial charge is 0.409 e. The van der Waals surface area contributed by atoms with Gasteiger partial charge >= 0.3 is 6.09 Å². The molecule has 1 amide bonds. The minimum atomic E-state index is -0.219. The van der Waals surface area contributed by atoms with E-state index in [9.17, 15) is 4.79 Å². The minimum Gasteiger partial charge on any atom is -0.450 e. The van der Waals surface area contributed by atoms with Crippen molar-refractivity contribution in [3.05, 3.63) is 34.3 Å². The zero-order valence-corrected chi connectivity index (χ0v) is 16.9. The predicted octanol–water partition coefficient (Wildman–Crippen LogP) is -0.0306. The van der Waals surface area contributed by atoms with Crippen molar-refractivity contribution in [2.75, 3.05) is 45.9 Å². The van der Waals surface area contributed by atoms with Crippen LogP contribution >= 0.6 is 0 Å². The molecule has 1 aromatic carbocycles. The van der Waals surface area contributed by atoms with Crippen molar-refractivity contribution in [2.45, 2.75) is 33.0 Å². The largest absolute Gasteiger partial charge is 0.450 e. The Morgan fingerprint density at radius 3 is 2.82 bits per heavy atom. The maximum absolute atomic E-state index is 11.7. The molecule has 2 aliphatic heterocycles. The van der Waals surface area contributed by atoms with E-state index in [0.717, 1.165) is 62.7 Å². The second-order valence-corrected chi connectivity index (χ2v) is 7.33. The van der Waals surface area contributed by atoms with Gasteiger partial charge in [-0.1, -0.05) is 11.6 Å². The number of nitrogens with one attached hydrogen (secondary N) is 1. The highest BCUT2D eigenvalue weighted by Crippen LogP contribution is 2.05. The molecule has 0 aliphatic carbocycles. The number of hydrazine groups is 1. The van der Waals surface area contributed by atoms with Gasteiger partial charge in [-0.05, 0) is 51.9 Å². The topological polar surface area (TPSA) is 86.4 Å². The van der Waals surface area contributed by atoms with Gasteiger partial charge < -0.3 is 9.64 Å². The van der Waals surface area contributed by atoms with Crippen LogP contribution in [0, 0.1) is 6.92 Å². The fourth-order valence-electron chi connectivity index (χ4n) is 3.54. The number of nitrogens with zero attached hydrogens (tertiary/aromatic N) is 4. The monoisotopic (exact) mass is 388 g/mol. The van der Waals surface area contributed by atoms with Crippen LogP contribution in [0.1, 0.15) is 25.3 Å². The van der Waals surface area contributed by atoms with Gasteiger partial charge in [-0.2, -0.15) is 0 Å². The molecule has 0 saturated carbocycles. The van der Waals surface area contributed by atoms with Crippen LogP contribution in [-0.4, -0.2) is 73.1 Å². The Bertz CT molecular complexity index is 775. The molecule has 1 saturated heterocycles. The molecule has 0 bridgehead atoms. The molecular weight excluding hydrogens is 356 g/mol. The first-order valence-corrected chi connectivity index (χ1v) is 10.1. The molecule has 1 atom stereocenters. The zero-order valence-electron chi connectivity index (χ0n) is 16.9. The van der Waals surface area contributed by atoms with Crippen LogP contribution in [-0.2, 0) is 4.74 Å². The van der Waals surface area contributed by atoms with Gasteiger partial charge in [0.15, 0.2) is 6.29 Å². The molecule has 0 radical (unpaired) electrons. The number of amides is 1. The predicted molar refractivity (Wildman–Crippen MR) is 109 cm³/mol. The third-order valence-corrected chi connectivity index (χ3v) is 5.14. The molecule has 1 aromatic rings. The highest BCUT2D eigenvalue weighted by atomic mass is 16.6. The molecule has 0 spiro atoms. The first-order valence-electron chi connectivity index (χ1n) is 10.1. The van der Waals surface area contributed by atoms with Gasteiger partial charge in [0.05, 0.1) is 12.0 Å². The molecule has 1 fully saturated rings. The van der Waals surface area contributed by atoms with Gasteiger partial charge in [0, 0.05) is 37.6 Å². The van der Waals surface area contributed by atoms with Crippen molar-refractivity contribution in [3.63, 3.8) is 0 Å². The lowest BCUT2D eigenvalue weighted by molar-refractivity contribution is 0.0792. The quantitative estimate of drug-likeness (QED) is 0.504. The van der Waals surface area contributed by atoms with Crippen LogP contribution < -0.4 is 21.7 Å². The van der Waals surface area contributed by atoms with E-state index in [-0.39, 0.29) is 12.4 Å². The third-order valence-electron chi connectivity index (χ3n) is 5.14. The fraction of sp³-hybridized carbons (Fsp3) is 0.600. The van der Waals surface area contributed by atoms with Crippen molar-refractivity contribution in [2.24, 2.45) is 10.8 Å². The summed E-state index contributed by atoms with van der Waals surface area (Å²) in [6.07, 6.45) is 3.68. The summed E-state index contributed by atoms with van der Waals surface area (Å²) in [4.78, 5) is 20.6. The number of piperazine rings is 1. The number of hydrogen-bond acceptors (Lipinski definition) is 7. The normalized spacial score (nSPS) is 19.6. The molecule has 2 aliphatic rings. The molecule has 28 heavy (non-hydrogen) atoms. The zero-order chi connectivity index (χ0) is 19.9. The molecule has 8 nitrogen and oxygen atoms in total. The molecule has 3 N–H and O–H groups in total. The van der Waals surface area contributed by atoms with Crippen LogP contribution in [0.4, 0.5) is 4.79 Å². The van der Waals surface area contributed by atoms with E-state index in [4.69, 9.17) is 15.6 Å². The number of carbonyl (C=O) groups excluding carboxylic acids is 1. The van der Waals surface area contributed by atoms with Crippen molar-refractivity contribution >= 4 is 12.3 Å². The van der Waals surface area contributed by atoms with E-state index < -0.39 is 0 Å². The van der Waals surface area contributed by atoms with E-state index >= 15 is 0 Å². The van der Waals surface area contributed by atoms with Crippen molar-refractivity contribution in [1.29, 1.82) is 0 Å². The number of carbonyl (C=O) groups is 1. The van der Waals surface area contributed by atoms with Crippen LogP contribution in [0.2, 0.25) is 0 Å². The SMILES string of the molecule is CCOC(=O)N1CCN(CCCCNC2N=c3ccc(C)cc3=CN2N)CC1. The summed E-state index contributed by atoms with van der Waals surface area (Å²) in [7, 11) is 0. The number of nitrogens with two attached hydrogens (primary N) is 1. The van der Waals surface area contributed by atoms with Crippen molar-refractivity contribution in [3.8, 4) is 0 Å². The lowest BCUT2D eigenvalue weighted by Crippen LogP contribution is -2.52. The molecule has 0 aromatic heterocycles. The average Bonchev–Trinajstić information content (AvgIpc) is 2.68. The van der Waals surface area contributed by atoms with E-state index in [1.807, 2.05) is 19.2 Å². The second-order valence-electron chi connectivity index (χ2n) is 7.33. The molecule has 1 unspecified atom stereocenters. The van der Waals surface area contributed by atoms with Gasteiger partial charge in [-0.3, -0.25) is 15.2 Å². The number of ether oxygens (including phenoxy) is 1. The third kappa shape index (κ3) is 5.43. The molecule has 3 rings (SSSR count). The Balaban J connectivity index is 1.34. The summed E-state index contributed by atoms with van der Waals surface area (Å²) in [6.45, 7) is 9.55. The lowest BCUT2D eigenvalue weighted by Gasteiger charge is -2.34.